The standard InChI is InChI=1S/C19H21Cl2NO2/c20-16-7-8-19(24-13-14-4-1-2-6-18(14)21)15(10-16)11-22-12-17-5-3-9-23-17/h1-2,4,6-8,10,17,22H,3,5,9,11-13H2/t17-/m0/s1. The van der Waals surface area contributed by atoms with Crippen LogP contribution in [0, 0.1) is 0 Å². The van der Waals surface area contributed by atoms with E-state index in [2.05, 4.69) is 5.32 Å². The van der Waals surface area contributed by atoms with Crippen LogP contribution in [0.5, 0.6) is 5.75 Å². The van der Waals surface area contributed by atoms with Gasteiger partial charge in [0.15, 0.2) is 0 Å². The minimum absolute atomic E-state index is 0.316. The van der Waals surface area contributed by atoms with E-state index in [1.807, 2.05) is 42.5 Å². The molecule has 5 heteroatoms. The predicted octanol–water partition coefficient (Wildman–Crippen LogP) is 4.84. The lowest BCUT2D eigenvalue weighted by Gasteiger charge is -2.15. The summed E-state index contributed by atoms with van der Waals surface area (Å²) in [5.74, 6) is 0.819. The highest BCUT2D eigenvalue weighted by Gasteiger charge is 2.15. The number of hydrogen-bond acceptors (Lipinski definition) is 3. The Hall–Kier alpha value is -1.26. The zero-order valence-electron chi connectivity index (χ0n) is 13.4. The summed E-state index contributed by atoms with van der Waals surface area (Å²) in [6.07, 6.45) is 2.59. The molecule has 0 aliphatic carbocycles. The van der Waals surface area contributed by atoms with Crippen molar-refractivity contribution >= 4 is 23.2 Å². The normalized spacial score (nSPS) is 17.2. The minimum Gasteiger partial charge on any atom is -0.489 e. The first-order valence-corrected chi connectivity index (χ1v) is 8.95. The molecule has 0 bridgehead atoms. The lowest BCUT2D eigenvalue weighted by Crippen LogP contribution is -2.26. The molecule has 3 rings (SSSR count). The number of ether oxygens (including phenoxy) is 2. The molecule has 1 aliphatic rings. The van der Waals surface area contributed by atoms with Crippen LogP contribution >= 0.6 is 23.2 Å². The second-order valence-electron chi connectivity index (χ2n) is 5.90. The fourth-order valence-corrected chi connectivity index (χ4v) is 3.16. The van der Waals surface area contributed by atoms with Gasteiger partial charge < -0.3 is 14.8 Å². The maximum atomic E-state index is 6.18. The van der Waals surface area contributed by atoms with E-state index >= 15 is 0 Å². The topological polar surface area (TPSA) is 30.5 Å². The molecule has 2 aromatic carbocycles. The molecule has 2 aromatic rings. The molecule has 1 atom stereocenters. The average Bonchev–Trinajstić information content (AvgIpc) is 3.09. The van der Waals surface area contributed by atoms with Gasteiger partial charge in [-0.3, -0.25) is 0 Å². The summed E-state index contributed by atoms with van der Waals surface area (Å²) in [6, 6.07) is 13.4. The number of halogens is 2. The Morgan fingerprint density at radius 3 is 2.79 bits per heavy atom. The van der Waals surface area contributed by atoms with Gasteiger partial charge in [-0.15, -0.1) is 0 Å². The molecule has 1 heterocycles. The second kappa shape index (κ2) is 8.72. The Morgan fingerprint density at radius 1 is 1.12 bits per heavy atom. The third kappa shape index (κ3) is 4.87. The van der Waals surface area contributed by atoms with Crippen molar-refractivity contribution in [1.29, 1.82) is 0 Å². The maximum Gasteiger partial charge on any atom is 0.124 e. The van der Waals surface area contributed by atoms with Crippen molar-refractivity contribution in [2.75, 3.05) is 13.2 Å². The van der Waals surface area contributed by atoms with E-state index in [9.17, 15) is 0 Å². The highest BCUT2D eigenvalue weighted by molar-refractivity contribution is 6.31. The first kappa shape index (κ1) is 17.6. The Balaban J connectivity index is 1.60. The molecule has 1 saturated heterocycles. The molecular weight excluding hydrogens is 345 g/mol. The minimum atomic E-state index is 0.316. The van der Waals surface area contributed by atoms with Crippen LogP contribution in [0.1, 0.15) is 24.0 Å². The van der Waals surface area contributed by atoms with Crippen LogP contribution in [0.3, 0.4) is 0 Å². The van der Waals surface area contributed by atoms with E-state index < -0.39 is 0 Å². The summed E-state index contributed by atoms with van der Waals surface area (Å²) in [5, 5.41) is 4.85. The van der Waals surface area contributed by atoms with Crippen molar-refractivity contribution in [3.05, 3.63) is 63.6 Å². The molecule has 0 unspecified atom stereocenters. The van der Waals surface area contributed by atoms with E-state index in [4.69, 9.17) is 32.7 Å². The van der Waals surface area contributed by atoms with Crippen LogP contribution in [-0.4, -0.2) is 19.3 Å². The molecule has 1 aliphatic heterocycles. The van der Waals surface area contributed by atoms with Crippen LogP contribution in [0.2, 0.25) is 10.0 Å². The van der Waals surface area contributed by atoms with E-state index in [0.717, 1.165) is 42.9 Å². The van der Waals surface area contributed by atoms with Gasteiger partial charge in [0.2, 0.25) is 0 Å². The highest BCUT2D eigenvalue weighted by atomic mass is 35.5. The number of rotatable bonds is 7. The van der Waals surface area contributed by atoms with Crippen molar-refractivity contribution < 1.29 is 9.47 Å². The van der Waals surface area contributed by atoms with Crippen LogP contribution in [0.15, 0.2) is 42.5 Å². The molecule has 128 valence electrons. The maximum absolute atomic E-state index is 6.18. The fourth-order valence-electron chi connectivity index (χ4n) is 2.77. The molecule has 0 saturated carbocycles. The lowest BCUT2D eigenvalue weighted by atomic mass is 10.2. The van der Waals surface area contributed by atoms with Crippen LogP contribution in [-0.2, 0) is 17.9 Å². The SMILES string of the molecule is Clc1ccc(OCc2ccccc2Cl)c(CNC[C@@H]2CCCO2)c1. The quantitative estimate of drug-likeness (QED) is 0.761. The first-order valence-electron chi connectivity index (χ1n) is 8.19. The lowest BCUT2D eigenvalue weighted by molar-refractivity contribution is 0.110. The summed E-state index contributed by atoms with van der Waals surface area (Å²) in [5.41, 5.74) is 2.00. The van der Waals surface area contributed by atoms with Crippen LogP contribution < -0.4 is 10.1 Å². The van der Waals surface area contributed by atoms with Gasteiger partial charge in [-0.25, -0.2) is 0 Å². The van der Waals surface area contributed by atoms with Crippen LogP contribution in [0.4, 0.5) is 0 Å². The van der Waals surface area contributed by atoms with Gasteiger partial charge in [0, 0.05) is 40.9 Å². The number of nitrogens with one attached hydrogen (secondary N) is 1. The summed E-state index contributed by atoms with van der Waals surface area (Å²) in [7, 11) is 0. The zero-order chi connectivity index (χ0) is 16.8. The van der Waals surface area contributed by atoms with Crippen molar-refractivity contribution in [3.8, 4) is 5.75 Å². The van der Waals surface area contributed by atoms with Gasteiger partial charge in [0.05, 0.1) is 6.10 Å². The van der Waals surface area contributed by atoms with E-state index in [1.165, 1.54) is 0 Å². The van der Waals surface area contributed by atoms with Crippen LogP contribution in [0.25, 0.3) is 0 Å². The Bertz CT molecular complexity index is 672. The molecule has 24 heavy (non-hydrogen) atoms. The number of hydrogen-bond donors (Lipinski definition) is 1. The predicted molar refractivity (Wildman–Crippen MR) is 97.9 cm³/mol. The largest absolute Gasteiger partial charge is 0.489 e. The van der Waals surface area contributed by atoms with Gasteiger partial charge in [-0.2, -0.15) is 0 Å². The fraction of sp³-hybridized carbons (Fsp3) is 0.368. The first-order chi connectivity index (χ1) is 11.7. The molecule has 0 radical (unpaired) electrons. The summed E-state index contributed by atoms with van der Waals surface area (Å²) < 4.78 is 11.6. The van der Waals surface area contributed by atoms with Crippen molar-refractivity contribution in [2.24, 2.45) is 0 Å². The third-order valence-corrected chi connectivity index (χ3v) is 4.68. The molecule has 0 amide bonds. The summed E-state index contributed by atoms with van der Waals surface area (Å²) >= 11 is 12.3. The van der Waals surface area contributed by atoms with E-state index in [-0.39, 0.29) is 0 Å². The van der Waals surface area contributed by atoms with E-state index in [1.54, 1.807) is 0 Å². The van der Waals surface area contributed by atoms with Crippen molar-refractivity contribution in [1.82, 2.24) is 5.32 Å². The number of benzene rings is 2. The van der Waals surface area contributed by atoms with Gasteiger partial charge in [-0.05, 0) is 37.1 Å². The van der Waals surface area contributed by atoms with Gasteiger partial charge in [-0.1, -0.05) is 41.4 Å². The summed E-state index contributed by atoms with van der Waals surface area (Å²) in [6.45, 7) is 2.84. The summed E-state index contributed by atoms with van der Waals surface area (Å²) in [4.78, 5) is 0. The molecule has 0 aromatic heterocycles. The Morgan fingerprint density at radius 2 is 2.00 bits per heavy atom. The van der Waals surface area contributed by atoms with Gasteiger partial charge >= 0.3 is 0 Å². The van der Waals surface area contributed by atoms with Gasteiger partial charge in [0.1, 0.15) is 12.4 Å². The molecule has 0 spiro atoms. The van der Waals surface area contributed by atoms with Crippen molar-refractivity contribution in [2.45, 2.75) is 32.1 Å². The molecule has 1 N–H and O–H groups in total. The average molecular weight is 366 g/mol. The highest BCUT2D eigenvalue weighted by Crippen LogP contribution is 2.25. The Kier molecular flexibility index (Phi) is 6.38. The van der Waals surface area contributed by atoms with Gasteiger partial charge in [0.25, 0.3) is 0 Å². The molecule has 1 fully saturated rings. The second-order valence-corrected chi connectivity index (χ2v) is 6.74. The monoisotopic (exact) mass is 365 g/mol. The van der Waals surface area contributed by atoms with E-state index in [0.29, 0.717) is 29.3 Å². The Labute approximate surface area is 152 Å². The molecular formula is C19H21Cl2NO2. The smallest absolute Gasteiger partial charge is 0.124 e. The third-order valence-electron chi connectivity index (χ3n) is 4.07. The van der Waals surface area contributed by atoms with Crippen molar-refractivity contribution in [3.63, 3.8) is 0 Å². The zero-order valence-corrected chi connectivity index (χ0v) is 14.9. The molecule has 3 nitrogen and oxygen atoms in total.